The van der Waals surface area contributed by atoms with Crippen LogP contribution in [-0.2, 0) is 11.8 Å². The van der Waals surface area contributed by atoms with Crippen molar-refractivity contribution in [1.82, 2.24) is 9.47 Å². The Morgan fingerprint density at radius 2 is 2.05 bits per heavy atom. The largest absolute Gasteiger partial charge is 0.371 e. The van der Waals surface area contributed by atoms with E-state index in [0.717, 1.165) is 31.4 Å². The topological polar surface area (TPSA) is 51.5 Å². The van der Waals surface area contributed by atoms with Crippen LogP contribution < -0.4 is 5.43 Å². The number of aryl methyl sites for hydroxylation is 2. The molecule has 21 heavy (non-hydrogen) atoms. The van der Waals surface area contributed by atoms with Gasteiger partial charge in [0.05, 0.1) is 18.8 Å². The SMILES string of the molecule is Cc1cc(=O)c(C(=O)N2CCOC3(CCCC3)C2)cn1C. The molecule has 5 nitrogen and oxygen atoms in total. The van der Waals surface area contributed by atoms with Crippen molar-refractivity contribution >= 4 is 5.91 Å². The molecule has 5 heteroatoms. The van der Waals surface area contributed by atoms with E-state index in [0.29, 0.717) is 19.7 Å². The van der Waals surface area contributed by atoms with E-state index in [9.17, 15) is 9.59 Å². The Bertz CT molecular complexity index is 614. The van der Waals surface area contributed by atoms with Crippen molar-refractivity contribution < 1.29 is 9.53 Å². The molecule has 3 rings (SSSR count). The number of hydrogen-bond donors (Lipinski definition) is 0. The first-order valence-electron chi connectivity index (χ1n) is 7.61. The van der Waals surface area contributed by atoms with Crippen LogP contribution in [0.4, 0.5) is 0 Å². The van der Waals surface area contributed by atoms with Crippen molar-refractivity contribution in [3.63, 3.8) is 0 Å². The van der Waals surface area contributed by atoms with Gasteiger partial charge in [-0.15, -0.1) is 0 Å². The Hall–Kier alpha value is -1.62. The number of amides is 1. The van der Waals surface area contributed by atoms with E-state index in [4.69, 9.17) is 4.74 Å². The maximum atomic E-state index is 12.7. The highest BCUT2D eigenvalue weighted by molar-refractivity contribution is 5.94. The molecule has 1 aliphatic carbocycles. The fourth-order valence-electron chi connectivity index (χ4n) is 3.40. The second-order valence-corrected chi connectivity index (χ2v) is 6.27. The van der Waals surface area contributed by atoms with Crippen LogP contribution in [0.2, 0.25) is 0 Å². The van der Waals surface area contributed by atoms with Gasteiger partial charge in [-0.3, -0.25) is 9.59 Å². The standard InChI is InChI=1S/C16H22N2O3/c1-12-9-14(19)13(10-17(12)2)15(20)18-7-8-21-16(11-18)5-3-4-6-16/h9-10H,3-8,11H2,1-2H3. The van der Waals surface area contributed by atoms with Crippen LogP contribution in [0, 0.1) is 6.92 Å². The highest BCUT2D eigenvalue weighted by atomic mass is 16.5. The Balaban J connectivity index is 1.85. The summed E-state index contributed by atoms with van der Waals surface area (Å²) in [5.41, 5.74) is 0.760. The first-order valence-corrected chi connectivity index (χ1v) is 7.61. The second-order valence-electron chi connectivity index (χ2n) is 6.27. The molecule has 1 amide bonds. The molecule has 2 fully saturated rings. The number of hydrogen-bond acceptors (Lipinski definition) is 3. The first kappa shape index (κ1) is 14.3. The lowest BCUT2D eigenvalue weighted by molar-refractivity contribution is -0.0948. The molecule has 2 heterocycles. The van der Waals surface area contributed by atoms with Crippen LogP contribution in [0.25, 0.3) is 0 Å². The summed E-state index contributed by atoms with van der Waals surface area (Å²) in [6.07, 6.45) is 6.00. The fourth-order valence-corrected chi connectivity index (χ4v) is 3.40. The van der Waals surface area contributed by atoms with Gasteiger partial charge in [0.1, 0.15) is 5.56 Å². The average Bonchev–Trinajstić information content (AvgIpc) is 2.90. The minimum Gasteiger partial charge on any atom is -0.371 e. The molecule has 1 saturated heterocycles. The van der Waals surface area contributed by atoms with E-state index in [1.54, 1.807) is 11.1 Å². The molecule has 2 aliphatic rings. The molecule has 0 bridgehead atoms. The first-order chi connectivity index (χ1) is 10.0. The van der Waals surface area contributed by atoms with E-state index in [-0.39, 0.29) is 22.5 Å². The summed E-state index contributed by atoms with van der Waals surface area (Å²) in [5, 5.41) is 0. The lowest BCUT2D eigenvalue weighted by atomic mass is 9.99. The Labute approximate surface area is 124 Å². The number of pyridine rings is 1. The number of aromatic nitrogens is 1. The number of ether oxygens (including phenoxy) is 1. The number of carbonyl (C=O) groups excluding carboxylic acids is 1. The van der Waals surface area contributed by atoms with Crippen molar-refractivity contribution in [2.24, 2.45) is 7.05 Å². The smallest absolute Gasteiger partial charge is 0.259 e. The Kier molecular flexibility index (Phi) is 3.61. The average molecular weight is 290 g/mol. The highest BCUT2D eigenvalue weighted by Crippen LogP contribution is 2.36. The zero-order valence-corrected chi connectivity index (χ0v) is 12.7. The quantitative estimate of drug-likeness (QED) is 0.787. The molecule has 0 unspecified atom stereocenters. The molecule has 1 aliphatic heterocycles. The Morgan fingerprint density at radius 1 is 1.33 bits per heavy atom. The van der Waals surface area contributed by atoms with Crippen molar-refractivity contribution in [2.45, 2.75) is 38.2 Å². The van der Waals surface area contributed by atoms with Crippen molar-refractivity contribution in [3.05, 3.63) is 33.7 Å². The predicted octanol–water partition coefficient (Wildman–Crippen LogP) is 1.48. The van der Waals surface area contributed by atoms with E-state index in [1.165, 1.54) is 6.07 Å². The van der Waals surface area contributed by atoms with Crippen LogP contribution in [-0.4, -0.2) is 40.7 Å². The molecule has 0 radical (unpaired) electrons. The summed E-state index contributed by atoms with van der Waals surface area (Å²) in [7, 11) is 1.85. The number of rotatable bonds is 1. The molecule has 1 saturated carbocycles. The normalized spacial score (nSPS) is 21.0. The summed E-state index contributed by atoms with van der Waals surface area (Å²) in [5.74, 6) is -0.162. The molecule has 114 valence electrons. The molecule has 1 aromatic heterocycles. The van der Waals surface area contributed by atoms with Gasteiger partial charge in [-0.1, -0.05) is 12.8 Å². The third-order valence-electron chi connectivity index (χ3n) is 4.77. The molecule has 1 aromatic rings. The summed E-state index contributed by atoms with van der Waals surface area (Å²) in [6.45, 7) is 3.61. The van der Waals surface area contributed by atoms with Gasteiger partial charge in [-0.25, -0.2) is 0 Å². The maximum Gasteiger partial charge on any atom is 0.259 e. The van der Waals surface area contributed by atoms with Gasteiger partial charge < -0.3 is 14.2 Å². The third kappa shape index (κ3) is 2.62. The van der Waals surface area contributed by atoms with Crippen LogP contribution in [0.3, 0.4) is 0 Å². The van der Waals surface area contributed by atoms with Gasteiger partial charge in [0.15, 0.2) is 5.43 Å². The van der Waals surface area contributed by atoms with Gasteiger partial charge in [0.2, 0.25) is 0 Å². The molecule has 1 spiro atoms. The molecule has 0 N–H and O–H groups in total. The Morgan fingerprint density at radius 3 is 2.76 bits per heavy atom. The zero-order valence-electron chi connectivity index (χ0n) is 12.7. The van der Waals surface area contributed by atoms with Gasteiger partial charge in [0, 0.05) is 31.5 Å². The summed E-state index contributed by atoms with van der Waals surface area (Å²) < 4.78 is 7.76. The van der Waals surface area contributed by atoms with Crippen LogP contribution in [0.1, 0.15) is 41.7 Å². The number of nitrogens with zero attached hydrogens (tertiary/aromatic N) is 2. The van der Waals surface area contributed by atoms with Gasteiger partial charge in [0.25, 0.3) is 5.91 Å². The fraction of sp³-hybridized carbons (Fsp3) is 0.625. The van der Waals surface area contributed by atoms with Crippen LogP contribution in [0.15, 0.2) is 17.1 Å². The summed E-state index contributed by atoms with van der Waals surface area (Å²) in [4.78, 5) is 26.6. The van der Waals surface area contributed by atoms with Crippen LogP contribution >= 0.6 is 0 Å². The predicted molar refractivity (Wildman–Crippen MR) is 79.5 cm³/mol. The highest BCUT2D eigenvalue weighted by Gasteiger charge is 2.41. The molecule has 0 aromatic carbocycles. The number of morpholine rings is 1. The monoisotopic (exact) mass is 290 g/mol. The van der Waals surface area contributed by atoms with E-state index in [2.05, 4.69) is 0 Å². The molecular formula is C16H22N2O3. The minimum absolute atomic E-state index is 0.162. The lowest BCUT2D eigenvalue weighted by Gasteiger charge is -2.40. The molecular weight excluding hydrogens is 268 g/mol. The van der Waals surface area contributed by atoms with Crippen molar-refractivity contribution in [3.8, 4) is 0 Å². The van der Waals surface area contributed by atoms with Gasteiger partial charge >= 0.3 is 0 Å². The third-order valence-corrected chi connectivity index (χ3v) is 4.77. The van der Waals surface area contributed by atoms with Crippen molar-refractivity contribution in [2.75, 3.05) is 19.7 Å². The van der Waals surface area contributed by atoms with Gasteiger partial charge in [-0.2, -0.15) is 0 Å². The molecule has 0 atom stereocenters. The summed E-state index contributed by atoms with van der Waals surface area (Å²) >= 11 is 0. The van der Waals surface area contributed by atoms with E-state index in [1.807, 2.05) is 18.5 Å². The summed E-state index contributed by atoms with van der Waals surface area (Å²) in [6, 6.07) is 1.53. The van der Waals surface area contributed by atoms with E-state index < -0.39 is 0 Å². The lowest BCUT2D eigenvalue weighted by Crippen LogP contribution is -2.53. The van der Waals surface area contributed by atoms with Crippen molar-refractivity contribution in [1.29, 1.82) is 0 Å². The number of carbonyl (C=O) groups is 1. The zero-order chi connectivity index (χ0) is 15.0. The van der Waals surface area contributed by atoms with Crippen LogP contribution in [0.5, 0.6) is 0 Å². The minimum atomic E-state index is -0.192. The second kappa shape index (κ2) is 5.30. The maximum absolute atomic E-state index is 12.7. The van der Waals surface area contributed by atoms with Gasteiger partial charge in [-0.05, 0) is 19.8 Å². The van der Waals surface area contributed by atoms with E-state index >= 15 is 0 Å².